The van der Waals surface area contributed by atoms with Crippen molar-refractivity contribution in [3.05, 3.63) is 59.4 Å². The molecule has 0 bridgehead atoms. The molecule has 0 fully saturated rings. The maximum atomic E-state index is 9.09. The highest BCUT2D eigenvalue weighted by Crippen LogP contribution is 2.32. The molecule has 3 rings (SSSR count). The van der Waals surface area contributed by atoms with E-state index in [0.29, 0.717) is 5.69 Å². The monoisotopic (exact) mass is 249 g/mol. The van der Waals surface area contributed by atoms with Crippen molar-refractivity contribution in [3.8, 4) is 6.07 Å². The fraction of sp³-hybridized carbons (Fsp3) is 0.250. The fourth-order valence-corrected chi connectivity index (χ4v) is 2.70. The number of pyridine rings is 1. The third kappa shape index (κ3) is 2.30. The lowest BCUT2D eigenvalue weighted by molar-refractivity contribution is 0.600. The number of aryl methyl sites for hydroxylation is 1. The van der Waals surface area contributed by atoms with E-state index in [4.69, 9.17) is 5.26 Å². The zero-order chi connectivity index (χ0) is 13.1. The predicted octanol–water partition coefficient (Wildman–Crippen LogP) is 3.44. The second-order valence-corrected chi connectivity index (χ2v) is 4.80. The normalized spacial score (nSPS) is 17.3. The molecule has 1 N–H and O–H groups in total. The van der Waals surface area contributed by atoms with Crippen molar-refractivity contribution in [1.82, 2.24) is 4.98 Å². The summed E-state index contributed by atoms with van der Waals surface area (Å²) < 4.78 is 0. The maximum Gasteiger partial charge on any atom is 0.163 e. The number of hydrogen-bond acceptors (Lipinski definition) is 3. The van der Waals surface area contributed by atoms with Crippen LogP contribution in [-0.2, 0) is 6.42 Å². The van der Waals surface area contributed by atoms with Gasteiger partial charge in [-0.3, -0.25) is 0 Å². The molecule has 1 aromatic heterocycles. The van der Waals surface area contributed by atoms with E-state index in [2.05, 4.69) is 40.6 Å². The van der Waals surface area contributed by atoms with Gasteiger partial charge in [-0.1, -0.05) is 24.3 Å². The summed E-state index contributed by atoms with van der Waals surface area (Å²) in [6, 6.07) is 14.7. The van der Waals surface area contributed by atoms with Crippen LogP contribution < -0.4 is 5.32 Å². The van der Waals surface area contributed by atoms with Crippen LogP contribution in [-0.4, -0.2) is 4.98 Å². The molecule has 2 aromatic rings. The van der Waals surface area contributed by atoms with Crippen LogP contribution >= 0.6 is 0 Å². The van der Waals surface area contributed by atoms with Crippen LogP contribution in [0.2, 0.25) is 0 Å². The predicted molar refractivity (Wildman–Crippen MR) is 74.7 cm³/mol. The Kier molecular flexibility index (Phi) is 3.16. The number of nitrogens with one attached hydrogen (secondary N) is 1. The second kappa shape index (κ2) is 5.11. The average Bonchev–Trinajstić information content (AvgIpc) is 2.48. The number of anilines is 1. The van der Waals surface area contributed by atoms with Gasteiger partial charge in [0.1, 0.15) is 6.07 Å². The van der Waals surface area contributed by atoms with Gasteiger partial charge in [-0.15, -0.1) is 0 Å². The van der Waals surface area contributed by atoms with Gasteiger partial charge in [0.2, 0.25) is 0 Å². The van der Waals surface area contributed by atoms with E-state index >= 15 is 0 Å². The summed E-state index contributed by atoms with van der Waals surface area (Å²) >= 11 is 0. The van der Waals surface area contributed by atoms with E-state index in [-0.39, 0.29) is 6.04 Å². The quantitative estimate of drug-likeness (QED) is 0.886. The molecule has 1 aliphatic rings. The lowest BCUT2D eigenvalue weighted by atomic mass is 9.87. The van der Waals surface area contributed by atoms with Crippen molar-refractivity contribution in [2.24, 2.45) is 0 Å². The zero-order valence-electron chi connectivity index (χ0n) is 10.6. The Balaban J connectivity index is 1.91. The largest absolute Gasteiger partial charge is 0.376 e. The average molecular weight is 249 g/mol. The topological polar surface area (TPSA) is 48.7 Å². The van der Waals surface area contributed by atoms with Crippen LogP contribution in [0, 0.1) is 11.3 Å². The minimum Gasteiger partial charge on any atom is -0.376 e. The third-order valence-corrected chi connectivity index (χ3v) is 3.61. The molecular formula is C16H15N3. The molecule has 0 spiro atoms. The lowest BCUT2D eigenvalue weighted by Gasteiger charge is -2.27. The highest BCUT2D eigenvalue weighted by atomic mass is 14.9. The van der Waals surface area contributed by atoms with Crippen LogP contribution in [0.5, 0.6) is 0 Å². The molecule has 3 nitrogen and oxygen atoms in total. The Labute approximate surface area is 112 Å². The molecule has 94 valence electrons. The van der Waals surface area contributed by atoms with Gasteiger partial charge in [0.25, 0.3) is 0 Å². The van der Waals surface area contributed by atoms with Crippen LogP contribution in [0.15, 0.2) is 42.6 Å². The van der Waals surface area contributed by atoms with Gasteiger partial charge < -0.3 is 5.32 Å². The molecule has 3 heteroatoms. The number of fused-ring (bicyclic) bond motifs is 1. The van der Waals surface area contributed by atoms with Gasteiger partial charge in [-0.05, 0) is 42.5 Å². The minimum atomic E-state index is 0.279. The first-order chi connectivity index (χ1) is 9.38. The Morgan fingerprint density at radius 3 is 3.00 bits per heavy atom. The second-order valence-electron chi connectivity index (χ2n) is 4.80. The number of benzene rings is 1. The third-order valence-electron chi connectivity index (χ3n) is 3.61. The Morgan fingerprint density at radius 2 is 2.11 bits per heavy atom. The van der Waals surface area contributed by atoms with E-state index in [0.717, 1.165) is 18.5 Å². The first kappa shape index (κ1) is 11.7. The van der Waals surface area contributed by atoms with Crippen molar-refractivity contribution in [3.63, 3.8) is 0 Å². The number of nitriles is 1. The van der Waals surface area contributed by atoms with Gasteiger partial charge in [0.05, 0.1) is 11.7 Å². The highest BCUT2D eigenvalue weighted by Gasteiger charge is 2.20. The van der Waals surface area contributed by atoms with Crippen molar-refractivity contribution in [1.29, 1.82) is 5.26 Å². The summed E-state index contributed by atoms with van der Waals surface area (Å²) in [4.78, 5) is 4.10. The molecule has 1 heterocycles. The van der Waals surface area contributed by atoms with E-state index < -0.39 is 0 Å². The SMILES string of the molecule is N#Cc1ncccc1NC1CCCc2ccccc21. The standard InChI is InChI=1S/C16H15N3/c17-11-16-15(9-4-10-18-16)19-14-8-3-6-12-5-1-2-7-13(12)14/h1-2,4-5,7,9-10,14,19H,3,6,8H2. The first-order valence-electron chi connectivity index (χ1n) is 6.58. The van der Waals surface area contributed by atoms with Gasteiger partial charge in [0, 0.05) is 6.20 Å². The number of nitrogens with zero attached hydrogens (tertiary/aromatic N) is 2. The number of hydrogen-bond donors (Lipinski definition) is 1. The fourth-order valence-electron chi connectivity index (χ4n) is 2.70. The van der Waals surface area contributed by atoms with Crippen LogP contribution in [0.4, 0.5) is 5.69 Å². The van der Waals surface area contributed by atoms with Crippen LogP contribution in [0.1, 0.15) is 35.7 Å². The molecule has 1 unspecified atom stereocenters. The first-order valence-corrected chi connectivity index (χ1v) is 6.58. The Bertz CT molecular complexity index is 628. The molecule has 0 saturated carbocycles. The van der Waals surface area contributed by atoms with Gasteiger partial charge >= 0.3 is 0 Å². The molecule has 19 heavy (non-hydrogen) atoms. The molecule has 0 amide bonds. The summed E-state index contributed by atoms with van der Waals surface area (Å²) in [7, 11) is 0. The van der Waals surface area contributed by atoms with Crippen LogP contribution in [0.25, 0.3) is 0 Å². The number of rotatable bonds is 2. The molecule has 0 saturated heterocycles. The van der Waals surface area contributed by atoms with Crippen molar-refractivity contribution in [2.45, 2.75) is 25.3 Å². The van der Waals surface area contributed by atoms with E-state index in [1.165, 1.54) is 17.5 Å². The summed E-state index contributed by atoms with van der Waals surface area (Å²) in [5.74, 6) is 0. The smallest absolute Gasteiger partial charge is 0.163 e. The van der Waals surface area contributed by atoms with Crippen molar-refractivity contribution in [2.75, 3.05) is 5.32 Å². The molecule has 1 atom stereocenters. The minimum absolute atomic E-state index is 0.279. The Morgan fingerprint density at radius 1 is 1.21 bits per heavy atom. The van der Waals surface area contributed by atoms with Crippen molar-refractivity contribution < 1.29 is 0 Å². The van der Waals surface area contributed by atoms with E-state index in [1.54, 1.807) is 6.20 Å². The van der Waals surface area contributed by atoms with Crippen molar-refractivity contribution >= 4 is 5.69 Å². The van der Waals surface area contributed by atoms with Gasteiger partial charge in [-0.25, -0.2) is 4.98 Å². The molecule has 1 aromatic carbocycles. The summed E-state index contributed by atoms with van der Waals surface area (Å²) in [6.45, 7) is 0. The summed E-state index contributed by atoms with van der Waals surface area (Å²) in [6.07, 6.45) is 5.07. The zero-order valence-corrected chi connectivity index (χ0v) is 10.6. The molecule has 0 aliphatic heterocycles. The highest BCUT2D eigenvalue weighted by molar-refractivity contribution is 5.55. The summed E-state index contributed by atoms with van der Waals surface area (Å²) in [5.41, 5.74) is 4.05. The Hall–Kier alpha value is -2.34. The van der Waals surface area contributed by atoms with Gasteiger partial charge in [-0.2, -0.15) is 5.26 Å². The summed E-state index contributed by atoms with van der Waals surface area (Å²) in [5, 5.41) is 12.6. The van der Waals surface area contributed by atoms with Crippen LogP contribution in [0.3, 0.4) is 0 Å². The van der Waals surface area contributed by atoms with E-state index in [9.17, 15) is 0 Å². The molecule has 1 aliphatic carbocycles. The number of aromatic nitrogens is 1. The van der Waals surface area contributed by atoms with Gasteiger partial charge in [0.15, 0.2) is 5.69 Å². The molecular weight excluding hydrogens is 234 g/mol. The molecule has 0 radical (unpaired) electrons. The lowest BCUT2D eigenvalue weighted by Crippen LogP contribution is -2.18. The van der Waals surface area contributed by atoms with E-state index in [1.807, 2.05) is 12.1 Å². The maximum absolute atomic E-state index is 9.09.